The first-order valence-electron chi connectivity index (χ1n) is 18.5. The molecule has 0 spiro atoms. The molecule has 0 atom stereocenters. The van der Waals surface area contributed by atoms with Gasteiger partial charge in [-0.2, -0.15) is 0 Å². The fourth-order valence-corrected chi connectivity index (χ4v) is 6.68. The number of aliphatic hydroxyl groups is 1. The summed E-state index contributed by atoms with van der Waals surface area (Å²) in [4.78, 5) is 42.1. The minimum Gasteiger partial charge on any atom is -0.443 e. The number of halogens is 1. The number of rotatable bonds is 12. The Balaban J connectivity index is 0.00000285. The molecule has 5 heterocycles. The number of nitrogens with zero attached hydrogens (tertiary/aromatic N) is 6. The van der Waals surface area contributed by atoms with Crippen molar-refractivity contribution in [3.8, 4) is 11.3 Å². The van der Waals surface area contributed by atoms with Crippen molar-refractivity contribution < 1.29 is 38.0 Å². The number of imidazole rings is 1. The Labute approximate surface area is 322 Å². The van der Waals surface area contributed by atoms with Gasteiger partial charge in [-0.1, -0.05) is 19.9 Å². The summed E-state index contributed by atoms with van der Waals surface area (Å²) in [6, 6.07) is 10.2. The molecule has 3 aromatic heterocycles. The molecule has 0 bridgehead atoms. The summed E-state index contributed by atoms with van der Waals surface area (Å²) in [5, 5.41) is 14.6. The standard InChI is InChI=1S/C38H48FN7O7.C2H6/c1-37(2,3)53-36(48)46-20-26-25(30-19-40-32-18-24(39)12-15-45(30)32)8-9-27(34(26)35(46)47)41-31-11-10-29(28(42-31)21-43(4)5)44-16-13-38(49,14-17-44)23-52-22-33(50-6)51-7;1-2/h8-12,15,18-19,33,49H,13-14,16-17,20-23H2,1-7H3,(H,41,42);1-2H3. The van der Waals surface area contributed by atoms with Crippen LogP contribution in [0, 0.1) is 5.82 Å². The number of carbonyl (C=O) groups excluding carboxylic acids is 2. The van der Waals surface area contributed by atoms with Gasteiger partial charge in [0.1, 0.15) is 22.9 Å². The molecule has 15 heteroatoms. The number of benzene rings is 1. The maximum atomic E-state index is 14.1. The maximum Gasteiger partial charge on any atom is 0.417 e. The zero-order valence-corrected chi connectivity index (χ0v) is 33.3. The van der Waals surface area contributed by atoms with Gasteiger partial charge in [0.15, 0.2) is 6.29 Å². The predicted octanol–water partition coefficient (Wildman–Crippen LogP) is 6.22. The van der Waals surface area contributed by atoms with Gasteiger partial charge in [-0.25, -0.2) is 24.1 Å². The molecule has 0 unspecified atom stereocenters. The van der Waals surface area contributed by atoms with E-state index in [2.05, 4.69) is 15.2 Å². The first kappa shape index (κ1) is 41.5. The Hall–Kier alpha value is -4.67. The molecule has 298 valence electrons. The van der Waals surface area contributed by atoms with Gasteiger partial charge >= 0.3 is 6.09 Å². The highest BCUT2D eigenvalue weighted by Gasteiger charge is 2.39. The third-order valence-corrected chi connectivity index (χ3v) is 9.32. The first-order valence-corrected chi connectivity index (χ1v) is 18.5. The van der Waals surface area contributed by atoms with Crippen molar-refractivity contribution in [1.29, 1.82) is 0 Å². The van der Waals surface area contributed by atoms with E-state index in [-0.39, 0.29) is 19.8 Å². The number of imide groups is 1. The molecule has 1 fully saturated rings. The number of aromatic nitrogens is 3. The quantitative estimate of drug-likeness (QED) is 0.158. The molecule has 1 aromatic carbocycles. The van der Waals surface area contributed by atoms with Gasteiger partial charge in [0.2, 0.25) is 0 Å². The van der Waals surface area contributed by atoms with E-state index in [1.807, 2.05) is 51.0 Å². The third kappa shape index (κ3) is 9.59. The van der Waals surface area contributed by atoms with Crippen molar-refractivity contribution in [2.24, 2.45) is 0 Å². The molecular weight excluding hydrogens is 709 g/mol. The van der Waals surface area contributed by atoms with Crippen LogP contribution in [0.3, 0.4) is 0 Å². The van der Waals surface area contributed by atoms with Crippen LogP contribution in [-0.4, -0.2) is 113 Å². The van der Waals surface area contributed by atoms with Gasteiger partial charge in [0.05, 0.1) is 59.9 Å². The lowest BCUT2D eigenvalue weighted by Gasteiger charge is -2.39. The van der Waals surface area contributed by atoms with Gasteiger partial charge in [-0.15, -0.1) is 0 Å². The number of anilines is 3. The number of pyridine rings is 2. The van der Waals surface area contributed by atoms with Gasteiger partial charge in [-0.05, 0) is 77.5 Å². The number of ether oxygens (including phenoxy) is 4. The first-order chi connectivity index (χ1) is 26.2. The Morgan fingerprint density at radius 1 is 1.09 bits per heavy atom. The smallest absolute Gasteiger partial charge is 0.417 e. The van der Waals surface area contributed by atoms with E-state index in [4.69, 9.17) is 23.9 Å². The summed E-state index contributed by atoms with van der Waals surface area (Å²) in [5.74, 6) is -0.403. The highest BCUT2D eigenvalue weighted by atomic mass is 19.1. The number of methoxy groups -OCH3 is 2. The SMILES string of the molecule is CC.COC(COCC1(O)CCN(c2ccc(Nc3ccc(-c4cnc5cc(F)ccn45)c4c3C(=O)N(C(=O)OC(C)(C)C)C4)nc2CN(C)C)CC1)OC. The molecule has 6 rings (SSSR count). The van der Waals surface area contributed by atoms with Crippen LogP contribution >= 0.6 is 0 Å². The van der Waals surface area contributed by atoms with E-state index < -0.39 is 35.3 Å². The van der Waals surface area contributed by atoms with Crippen molar-refractivity contribution in [3.05, 3.63) is 71.4 Å². The number of carbonyl (C=O) groups is 2. The molecule has 1 saturated heterocycles. The molecule has 4 aromatic rings. The Morgan fingerprint density at radius 3 is 2.45 bits per heavy atom. The van der Waals surface area contributed by atoms with Gasteiger partial charge in [0.25, 0.3) is 5.91 Å². The monoisotopic (exact) mass is 763 g/mol. The molecule has 2 amide bonds. The van der Waals surface area contributed by atoms with Crippen LogP contribution in [0.1, 0.15) is 69.1 Å². The second kappa shape index (κ2) is 17.4. The largest absolute Gasteiger partial charge is 0.443 e. The van der Waals surface area contributed by atoms with Crippen LogP contribution in [0.25, 0.3) is 16.9 Å². The average Bonchev–Trinajstić information content (AvgIpc) is 3.72. The van der Waals surface area contributed by atoms with Gasteiger partial charge in [-0.3, -0.25) is 9.20 Å². The van der Waals surface area contributed by atoms with Crippen LogP contribution in [0.4, 0.5) is 26.4 Å². The minimum atomic E-state index is -0.967. The molecule has 0 saturated carbocycles. The molecule has 2 N–H and O–H groups in total. The van der Waals surface area contributed by atoms with E-state index >= 15 is 0 Å². The molecule has 0 radical (unpaired) electrons. The molecule has 0 aliphatic carbocycles. The van der Waals surface area contributed by atoms with Crippen molar-refractivity contribution in [2.45, 2.75) is 78.0 Å². The fraction of sp³-hybridized carbons (Fsp3) is 0.500. The minimum absolute atomic E-state index is 0.0215. The Bertz CT molecular complexity index is 1970. The van der Waals surface area contributed by atoms with Crippen molar-refractivity contribution in [1.82, 2.24) is 24.2 Å². The topological polar surface area (TPSA) is 143 Å². The van der Waals surface area contributed by atoms with Gasteiger partial charge < -0.3 is 39.2 Å². The zero-order valence-electron chi connectivity index (χ0n) is 33.3. The maximum absolute atomic E-state index is 14.1. The number of nitrogens with one attached hydrogen (secondary N) is 1. The summed E-state index contributed by atoms with van der Waals surface area (Å²) in [6.45, 7) is 11.4. The van der Waals surface area contributed by atoms with Crippen molar-refractivity contribution in [2.75, 3.05) is 64.8 Å². The van der Waals surface area contributed by atoms with Crippen LogP contribution in [-0.2, 0) is 32.0 Å². The molecule has 14 nitrogen and oxygen atoms in total. The summed E-state index contributed by atoms with van der Waals surface area (Å²) >= 11 is 0. The highest BCUT2D eigenvalue weighted by molar-refractivity contribution is 6.11. The lowest BCUT2D eigenvalue weighted by Crippen LogP contribution is -2.48. The number of hydrogen-bond acceptors (Lipinski definition) is 12. The Morgan fingerprint density at radius 2 is 1.80 bits per heavy atom. The van der Waals surface area contributed by atoms with Crippen molar-refractivity contribution in [3.63, 3.8) is 0 Å². The fourth-order valence-electron chi connectivity index (χ4n) is 6.68. The second-order valence-electron chi connectivity index (χ2n) is 14.8. The molecule has 2 aliphatic rings. The van der Waals surface area contributed by atoms with Crippen LogP contribution in [0.15, 0.2) is 48.8 Å². The highest BCUT2D eigenvalue weighted by Crippen LogP contribution is 2.39. The van der Waals surface area contributed by atoms with E-state index in [1.54, 1.807) is 57.9 Å². The summed E-state index contributed by atoms with van der Waals surface area (Å²) in [6.07, 6.45) is 2.99. The summed E-state index contributed by atoms with van der Waals surface area (Å²) < 4.78 is 37.4. The lowest BCUT2D eigenvalue weighted by atomic mass is 9.92. The van der Waals surface area contributed by atoms with Crippen LogP contribution in [0.2, 0.25) is 0 Å². The zero-order chi connectivity index (χ0) is 40.1. The average molecular weight is 764 g/mol. The summed E-state index contributed by atoms with van der Waals surface area (Å²) in [5.41, 5.74) is 3.11. The van der Waals surface area contributed by atoms with Crippen molar-refractivity contribution >= 4 is 34.8 Å². The van der Waals surface area contributed by atoms with Crippen LogP contribution in [0.5, 0.6) is 0 Å². The van der Waals surface area contributed by atoms with E-state index in [9.17, 15) is 19.1 Å². The second-order valence-corrected chi connectivity index (χ2v) is 14.8. The number of piperidine rings is 1. The van der Waals surface area contributed by atoms with E-state index in [0.29, 0.717) is 72.0 Å². The number of amides is 2. The number of fused-ring (bicyclic) bond motifs is 2. The normalized spacial score (nSPS) is 15.4. The van der Waals surface area contributed by atoms with E-state index in [0.717, 1.165) is 16.3 Å². The van der Waals surface area contributed by atoms with Gasteiger partial charge in [0, 0.05) is 51.7 Å². The number of hydrogen-bond donors (Lipinski definition) is 2. The Kier molecular flexibility index (Phi) is 13.1. The molecular formula is C40H54FN7O7. The molecule has 55 heavy (non-hydrogen) atoms. The third-order valence-electron chi connectivity index (χ3n) is 9.32. The van der Waals surface area contributed by atoms with Crippen LogP contribution < -0.4 is 10.2 Å². The molecule has 2 aliphatic heterocycles. The summed E-state index contributed by atoms with van der Waals surface area (Å²) in [7, 11) is 7.02. The van der Waals surface area contributed by atoms with E-state index in [1.165, 1.54) is 12.1 Å². The lowest BCUT2D eigenvalue weighted by molar-refractivity contribution is -0.157. The predicted molar refractivity (Wildman–Crippen MR) is 208 cm³/mol.